The van der Waals surface area contributed by atoms with Crippen LogP contribution in [0.3, 0.4) is 0 Å². The molecule has 1 aromatic rings. The Hall–Kier alpha value is -2.77. The second-order valence-electron chi connectivity index (χ2n) is 8.45. The van der Waals surface area contributed by atoms with Gasteiger partial charge in [-0.05, 0) is 51.5 Å². The number of hydrogen-bond acceptors (Lipinski definition) is 6. The number of rotatable bonds is 6. The van der Waals surface area contributed by atoms with Crippen molar-refractivity contribution in [1.82, 2.24) is 10.2 Å². The molecule has 8 heteroatoms. The number of carbonyl (C=O) groups is 3. The molecule has 0 aromatic heterocycles. The van der Waals surface area contributed by atoms with Crippen LogP contribution < -0.4 is 5.32 Å². The molecule has 2 unspecified atom stereocenters. The molecule has 166 valence electrons. The van der Waals surface area contributed by atoms with Gasteiger partial charge in [0.2, 0.25) is 0 Å². The SMILES string of the molecule is COC(=O)C(CC1CCCN(C(=O)OC(C)(C)C)C1)NC(=O)OCc1ccccc1. The van der Waals surface area contributed by atoms with Crippen LogP contribution in [0.25, 0.3) is 0 Å². The maximum atomic E-state index is 12.4. The normalized spacial score (nSPS) is 17.6. The lowest BCUT2D eigenvalue weighted by atomic mass is 9.91. The van der Waals surface area contributed by atoms with Crippen LogP contribution in [-0.2, 0) is 25.6 Å². The van der Waals surface area contributed by atoms with Gasteiger partial charge in [0.25, 0.3) is 0 Å². The third-order valence-corrected chi connectivity index (χ3v) is 4.73. The highest BCUT2D eigenvalue weighted by molar-refractivity contribution is 5.81. The van der Waals surface area contributed by atoms with Crippen molar-refractivity contribution in [3.8, 4) is 0 Å². The zero-order valence-corrected chi connectivity index (χ0v) is 18.2. The molecule has 30 heavy (non-hydrogen) atoms. The van der Waals surface area contributed by atoms with Crippen LogP contribution >= 0.6 is 0 Å². The second-order valence-corrected chi connectivity index (χ2v) is 8.45. The Kier molecular flexibility index (Phi) is 8.50. The van der Waals surface area contributed by atoms with Gasteiger partial charge in [-0.15, -0.1) is 0 Å². The number of hydrogen-bond donors (Lipinski definition) is 1. The zero-order valence-electron chi connectivity index (χ0n) is 18.2. The quantitative estimate of drug-likeness (QED) is 0.559. The number of ether oxygens (including phenoxy) is 3. The van der Waals surface area contributed by atoms with Gasteiger partial charge >= 0.3 is 18.2 Å². The summed E-state index contributed by atoms with van der Waals surface area (Å²) in [6.45, 7) is 6.65. The first-order valence-electron chi connectivity index (χ1n) is 10.2. The number of amides is 2. The van der Waals surface area contributed by atoms with Gasteiger partial charge in [-0.1, -0.05) is 30.3 Å². The third-order valence-electron chi connectivity index (χ3n) is 4.73. The highest BCUT2D eigenvalue weighted by atomic mass is 16.6. The van der Waals surface area contributed by atoms with E-state index in [9.17, 15) is 14.4 Å². The van der Waals surface area contributed by atoms with Crippen LogP contribution in [0.2, 0.25) is 0 Å². The topological polar surface area (TPSA) is 94.2 Å². The summed E-state index contributed by atoms with van der Waals surface area (Å²) in [4.78, 5) is 38.4. The minimum Gasteiger partial charge on any atom is -0.467 e. The lowest BCUT2D eigenvalue weighted by molar-refractivity contribution is -0.143. The summed E-state index contributed by atoms with van der Waals surface area (Å²) >= 11 is 0. The molecule has 0 spiro atoms. The van der Waals surface area contributed by atoms with Crippen molar-refractivity contribution in [2.45, 2.75) is 58.3 Å². The number of piperidine rings is 1. The van der Waals surface area contributed by atoms with Gasteiger partial charge in [0.1, 0.15) is 18.2 Å². The van der Waals surface area contributed by atoms with Gasteiger partial charge in [0.15, 0.2) is 0 Å². The fourth-order valence-corrected chi connectivity index (χ4v) is 3.35. The van der Waals surface area contributed by atoms with E-state index >= 15 is 0 Å². The molecule has 2 amide bonds. The van der Waals surface area contributed by atoms with Gasteiger partial charge in [-0.25, -0.2) is 14.4 Å². The predicted molar refractivity (Wildman–Crippen MR) is 111 cm³/mol. The van der Waals surface area contributed by atoms with Gasteiger partial charge in [-0.3, -0.25) is 0 Å². The zero-order chi connectivity index (χ0) is 22.1. The van der Waals surface area contributed by atoms with E-state index in [1.807, 2.05) is 51.1 Å². The van der Waals surface area contributed by atoms with E-state index in [4.69, 9.17) is 14.2 Å². The predicted octanol–water partition coefficient (Wildman–Crippen LogP) is 3.49. The lowest BCUT2D eigenvalue weighted by Crippen LogP contribution is -2.47. The summed E-state index contributed by atoms with van der Waals surface area (Å²) in [5, 5.41) is 2.60. The minimum absolute atomic E-state index is 0.0322. The molecule has 1 heterocycles. The summed E-state index contributed by atoms with van der Waals surface area (Å²) in [6.07, 6.45) is 0.946. The van der Waals surface area contributed by atoms with E-state index in [2.05, 4.69) is 5.32 Å². The van der Waals surface area contributed by atoms with Crippen molar-refractivity contribution in [1.29, 1.82) is 0 Å². The Bertz CT molecular complexity index is 716. The minimum atomic E-state index is -0.846. The number of nitrogens with zero attached hydrogens (tertiary/aromatic N) is 1. The van der Waals surface area contributed by atoms with E-state index in [1.54, 1.807) is 4.90 Å². The number of methoxy groups -OCH3 is 1. The Labute approximate surface area is 177 Å². The van der Waals surface area contributed by atoms with Crippen LogP contribution in [0.4, 0.5) is 9.59 Å². The van der Waals surface area contributed by atoms with Crippen molar-refractivity contribution < 1.29 is 28.6 Å². The van der Waals surface area contributed by atoms with Crippen LogP contribution in [0.1, 0.15) is 45.6 Å². The molecule has 0 bridgehead atoms. The first-order valence-corrected chi connectivity index (χ1v) is 10.2. The molecule has 1 aliphatic heterocycles. The fraction of sp³-hybridized carbons (Fsp3) is 0.591. The Balaban J connectivity index is 1.90. The van der Waals surface area contributed by atoms with E-state index in [1.165, 1.54) is 7.11 Å². The third kappa shape index (κ3) is 7.93. The first-order chi connectivity index (χ1) is 14.2. The smallest absolute Gasteiger partial charge is 0.410 e. The number of likely N-dealkylation sites (tertiary alicyclic amines) is 1. The summed E-state index contributed by atoms with van der Waals surface area (Å²) in [5.41, 5.74) is 0.283. The van der Waals surface area contributed by atoms with Crippen molar-refractivity contribution >= 4 is 18.2 Å². The van der Waals surface area contributed by atoms with Crippen LogP contribution in [0.5, 0.6) is 0 Å². The maximum Gasteiger partial charge on any atom is 0.410 e. The number of benzene rings is 1. The summed E-state index contributed by atoms with van der Waals surface area (Å²) in [5.74, 6) is -0.508. The van der Waals surface area contributed by atoms with Crippen molar-refractivity contribution in [3.63, 3.8) is 0 Å². The van der Waals surface area contributed by atoms with Gasteiger partial charge in [0, 0.05) is 13.1 Å². The van der Waals surface area contributed by atoms with Crippen LogP contribution in [0, 0.1) is 5.92 Å². The Morgan fingerprint density at radius 1 is 1.20 bits per heavy atom. The summed E-state index contributed by atoms with van der Waals surface area (Å²) < 4.78 is 15.5. The average Bonchev–Trinajstić information content (AvgIpc) is 2.71. The van der Waals surface area contributed by atoms with E-state index in [0.717, 1.165) is 18.4 Å². The highest BCUT2D eigenvalue weighted by Crippen LogP contribution is 2.23. The molecule has 8 nitrogen and oxygen atoms in total. The molecule has 1 saturated heterocycles. The number of nitrogens with one attached hydrogen (secondary N) is 1. The molecule has 1 N–H and O–H groups in total. The Morgan fingerprint density at radius 3 is 2.53 bits per heavy atom. The highest BCUT2D eigenvalue weighted by Gasteiger charge is 2.32. The average molecular weight is 421 g/mol. The molecule has 0 saturated carbocycles. The molecule has 1 aromatic carbocycles. The van der Waals surface area contributed by atoms with Crippen molar-refractivity contribution in [3.05, 3.63) is 35.9 Å². The molecule has 0 radical (unpaired) electrons. The molecular weight excluding hydrogens is 388 g/mol. The summed E-state index contributed by atoms with van der Waals surface area (Å²) in [7, 11) is 1.28. The van der Waals surface area contributed by atoms with Gasteiger partial charge < -0.3 is 24.4 Å². The molecule has 1 fully saturated rings. The summed E-state index contributed by atoms with van der Waals surface area (Å²) in [6, 6.07) is 8.43. The first kappa shape index (κ1) is 23.5. The molecule has 2 atom stereocenters. The fourth-order valence-electron chi connectivity index (χ4n) is 3.35. The number of carbonyl (C=O) groups excluding carboxylic acids is 3. The number of alkyl carbamates (subject to hydrolysis) is 1. The van der Waals surface area contributed by atoms with Gasteiger partial charge in [0.05, 0.1) is 7.11 Å². The lowest BCUT2D eigenvalue weighted by Gasteiger charge is -2.35. The number of esters is 1. The molecule has 0 aliphatic carbocycles. The monoisotopic (exact) mass is 420 g/mol. The van der Waals surface area contributed by atoms with E-state index in [-0.39, 0.29) is 18.6 Å². The van der Waals surface area contributed by atoms with E-state index in [0.29, 0.717) is 19.5 Å². The van der Waals surface area contributed by atoms with Crippen molar-refractivity contribution in [2.75, 3.05) is 20.2 Å². The molecule has 2 rings (SSSR count). The second kappa shape index (κ2) is 10.8. The maximum absolute atomic E-state index is 12.4. The van der Waals surface area contributed by atoms with E-state index < -0.39 is 23.7 Å². The van der Waals surface area contributed by atoms with Crippen molar-refractivity contribution in [2.24, 2.45) is 5.92 Å². The molecular formula is C22H32N2O6. The largest absolute Gasteiger partial charge is 0.467 e. The van der Waals surface area contributed by atoms with Crippen LogP contribution in [-0.4, -0.2) is 54.9 Å². The standard InChI is InChI=1S/C22H32N2O6/c1-22(2,3)30-21(27)24-12-8-11-17(14-24)13-18(19(25)28-4)23-20(26)29-15-16-9-6-5-7-10-16/h5-7,9-10,17-18H,8,11-15H2,1-4H3,(H,23,26). The van der Waals surface area contributed by atoms with Crippen LogP contribution in [0.15, 0.2) is 30.3 Å². The Morgan fingerprint density at radius 2 is 1.90 bits per heavy atom. The molecule has 1 aliphatic rings. The van der Waals surface area contributed by atoms with Gasteiger partial charge in [-0.2, -0.15) is 0 Å².